The lowest BCUT2D eigenvalue weighted by atomic mass is 9.99. The van der Waals surface area contributed by atoms with Crippen molar-refractivity contribution in [3.63, 3.8) is 0 Å². The van der Waals surface area contributed by atoms with Crippen LogP contribution < -0.4 is 4.74 Å². The van der Waals surface area contributed by atoms with E-state index in [1.54, 1.807) is 7.11 Å². The van der Waals surface area contributed by atoms with Gasteiger partial charge in [0.2, 0.25) is 0 Å². The van der Waals surface area contributed by atoms with Gasteiger partial charge in [-0.25, -0.2) is 0 Å². The lowest BCUT2D eigenvalue weighted by Gasteiger charge is -2.12. The Morgan fingerprint density at radius 2 is 1.38 bits per heavy atom. The molecule has 0 aliphatic carbocycles. The van der Waals surface area contributed by atoms with Crippen molar-refractivity contribution in [2.45, 2.75) is 32.1 Å². The normalized spacial score (nSPS) is 12.4. The van der Waals surface area contributed by atoms with Crippen molar-refractivity contribution in [3.05, 3.63) is 65.2 Å². The average Bonchev–Trinajstić information content (AvgIpc) is 2.48. The third-order valence-electron chi connectivity index (χ3n) is 3.56. The van der Waals surface area contributed by atoms with Crippen LogP contribution in [0.25, 0.3) is 0 Å². The summed E-state index contributed by atoms with van der Waals surface area (Å²) in [6.45, 7) is 4.48. The molecule has 0 spiro atoms. The van der Waals surface area contributed by atoms with Gasteiger partial charge in [-0.3, -0.25) is 0 Å². The quantitative estimate of drug-likeness (QED) is 0.648. The van der Waals surface area contributed by atoms with Crippen LogP contribution in [0, 0.1) is 5.92 Å². The van der Waals surface area contributed by atoms with E-state index in [1.807, 2.05) is 12.1 Å². The van der Waals surface area contributed by atoms with Gasteiger partial charge in [0.05, 0.1) is 12.5 Å². The lowest BCUT2D eigenvalue weighted by Crippen LogP contribution is -1.98. The van der Waals surface area contributed by atoms with E-state index in [0.717, 1.165) is 18.6 Å². The SMILES string of the molecule is COc1ccc(CC(Cl)c2ccc(CC(C)C)cc2)cc1. The summed E-state index contributed by atoms with van der Waals surface area (Å²) in [4.78, 5) is 0. The van der Waals surface area contributed by atoms with E-state index >= 15 is 0 Å². The van der Waals surface area contributed by atoms with Crippen molar-refractivity contribution in [1.82, 2.24) is 0 Å². The molecule has 0 saturated heterocycles. The molecule has 1 nitrogen and oxygen atoms in total. The van der Waals surface area contributed by atoms with Gasteiger partial charge in [-0.1, -0.05) is 50.2 Å². The summed E-state index contributed by atoms with van der Waals surface area (Å²) in [6.07, 6.45) is 1.95. The second-order valence-electron chi connectivity index (χ2n) is 5.86. The molecule has 0 radical (unpaired) electrons. The summed E-state index contributed by atoms with van der Waals surface area (Å²) in [7, 11) is 1.68. The minimum absolute atomic E-state index is 0.00601. The highest BCUT2D eigenvalue weighted by atomic mass is 35.5. The molecule has 1 atom stereocenters. The summed E-state index contributed by atoms with van der Waals surface area (Å²) >= 11 is 6.54. The molecule has 0 aliphatic rings. The number of ether oxygens (including phenoxy) is 1. The van der Waals surface area contributed by atoms with E-state index in [4.69, 9.17) is 16.3 Å². The number of hydrogen-bond donors (Lipinski definition) is 0. The fraction of sp³-hybridized carbons (Fsp3) is 0.368. The lowest BCUT2D eigenvalue weighted by molar-refractivity contribution is 0.414. The fourth-order valence-electron chi connectivity index (χ4n) is 2.42. The number of halogens is 1. The zero-order valence-corrected chi connectivity index (χ0v) is 13.7. The first-order valence-corrected chi connectivity index (χ1v) is 7.88. The predicted molar refractivity (Wildman–Crippen MR) is 90.3 cm³/mol. The maximum absolute atomic E-state index is 6.54. The van der Waals surface area contributed by atoms with E-state index in [-0.39, 0.29) is 5.38 Å². The van der Waals surface area contributed by atoms with Crippen LogP contribution in [0.1, 0.15) is 35.9 Å². The van der Waals surface area contributed by atoms with Gasteiger partial charge in [0.25, 0.3) is 0 Å². The number of alkyl halides is 1. The van der Waals surface area contributed by atoms with E-state index in [2.05, 4.69) is 50.2 Å². The van der Waals surface area contributed by atoms with Crippen LogP contribution in [0.15, 0.2) is 48.5 Å². The van der Waals surface area contributed by atoms with Crippen molar-refractivity contribution in [1.29, 1.82) is 0 Å². The van der Waals surface area contributed by atoms with Crippen molar-refractivity contribution in [3.8, 4) is 5.75 Å². The molecular weight excluding hydrogens is 280 g/mol. The summed E-state index contributed by atoms with van der Waals surface area (Å²) in [5.74, 6) is 1.56. The van der Waals surface area contributed by atoms with Gasteiger partial charge in [-0.05, 0) is 47.6 Å². The summed E-state index contributed by atoms with van der Waals surface area (Å²) in [6, 6.07) is 16.8. The summed E-state index contributed by atoms with van der Waals surface area (Å²) in [5.41, 5.74) is 3.78. The molecule has 0 fully saturated rings. The van der Waals surface area contributed by atoms with E-state index in [9.17, 15) is 0 Å². The van der Waals surface area contributed by atoms with Crippen LogP contribution in [-0.4, -0.2) is 7.11 Å². The molecule has 112 valence electrons. The molecule has 21 heavy (non-hydrogen) atoms. The molecule has 2 aromatic carbocycles. The van der Waals surface area contributed by atoms with Gasteiger partial charge >= 0.3 is 0 Å². The second-order valence-corrected chi connectivity index (χ2v) is 6.39. The first kappa shape index (κ1) is 15.9. The maximum Gasteiger partial charge on any atom is 0.118 e. The van der Waals surface area contributed by atoms with Crippen molar-refractivity contribution < 1.29 is 4.74 Å². The Morgan fingerprint density at radius 1 is 0.857 bits per heavy atom. The highest BCUT2D eigenvalue weighted by molar-refractivity contribution is 6.20. The van der Waals surface area contributed by atoms with Gasteiger partial charge in [0.1, 0.15) is 5.75 Å². The smallest absolute Gasteiger partial charge is 0.118 e. The largest absolute Gasteiger partial charge is 0.497 e. The average molecular weight is 303 g/mol. The van der Waals surface area contributed by atoms with E-state index < -0.39 is 0 Å². The van der Waals surface area contributed by atoms with E-state index in [1.165, 1.54) is 16.7 Å². The molecule has 2 heteroatoms. The first-order chi connectivity index (χ1) is 10.1. The number of hydrogen-bond acceptors (Lipinski definition) is 1. The van der Waals surface area contributed by atoms with Crippen LogP contribution in [0.3, 0.4) is 0 Å². The van der Waals surface area contributed by atoms with Crippen LogP contribution >= 0.6 is 11.6 Å². The molecular formula is C19H23ClO. The molecule has 0 N–H and O–H groups in total. The molecule has 0 heterocycles. The Kier molecular flexibility index (Phi) is 5.69. The van der Waals surface area contributed by atoms with Crippen molar-refractivity contribution in [2.24, 2.45) is 5.92 Å². The number of methoxy groups -OCH3 is 1. The predicted octanol–water partition coefficient (Wildman–Crippen LogP) is 5.42. The Morgan fingerprint density at radius 3 is 1.90 bits per heavy atom. The van der Waals surface area contributed by atoms with Crippen molar-refractivity contribution in [2.75, 3.05) is 7.11 Å². The number of benzene rings is 2. The number of rotatable bonds is 6. The van der Waals surface area contributed by atoms with Crippen molar-refractivity contribution >= 4 is 11.6 Å². The molecule has 0 bridgehead atoms. The fourth-order valence-corrected chi connectivity index (χ4v) is 2.74. The molecule has 0 aromatic heterocycles. The van der Waals surface area contributed by atoms with Gasteiger partial charge in [0.15, 0.2) is 0 Å². The highest BCUT2D eigenvalue weighted by Crippen LogP contribution is 2.26. The monoisotopic (exact) mass is 302 g/mol. The zero-order valence-electron chi connectivity index (χ0n) is 13.0. The van der Waals surface area contributed by atoms with Gasteiger partial charge in [-0.2, -0.15) is 0 Å². The highest BCUT2D eigenvalue weighted by Gasteiger charge is 2.09. The topological polar surface area (TPSA) is 9.23 Å². The Bertz CT molecular complexity index is 543. The summed E-state index contributed by atoms with van der Waals surface area (Å²) in [5, 5.41) is 0.00601. The Labute approximate surface area is 132 Å². The minimum Gasteiger partial charge on any atom is -0.497 e. The van der Waals surface area contributed by atoms with Gasteiger partial charge in [-0.15, -0.1) is 11.6 Å². The van der Waals surface area contributed by atoms with Crippen LogP contribution in [0.5, 0.6) is 5.75 Å². The maximum atomic E-state index is 6.54. The molecule has 0 amide bonds. The molecule has 0 aliphatic heterocycles. The second kappa shape index (κ2) is 7.51. The molecule has 1 unspecified atom stereocenters. The third-order valence-corrected chi connectivity index (χ3v) is 3.97. The van der Waals surface area contributed by atoms with E-state index in [0.29, 0.717) is 5.92 Å². The van der Waals surface area contributed by atoms with Crippen LogP contribution in [0.2, 0.25) is 0 Å². The molecule has 0 saturated carbocycles. The molecule has 2 rings (SSSR count). The standard InChI is InChI=1S/C19H23ClO/c1-14(2)12-15-4-8-17(9-5-15)19(20)13-16-6-10-18(21-3)11-7-16/h4-11,14,19H,12-13H2,1-3H3. The van der Waals surface area contributed by atoms with Gasteiger partial charge in [0, 0.05) is 0 Å². The summed E-state index contributed by atoms with van der Waals surface area (Å²) < 4.78 is 5.17. The zero-order chi connectivity index (χ0) is 15.2. The first-order valence-electron chi connectivity index (χ1n) is 7.44. The third kappa shape index (κ3) is 4.78. The van der Waals surface area contributed by atoms with Crippen LogP contribution in [-0.2, 0) is 12.8 Å². The molecule has 2 aromatic rings. The Balaban J connectivity index is 2.00. The Hall–Kier alpha value is -1.47. The van der Waals surface area contributed by atoms with Gasteiger partial charge < -0.3 is 4.74 Å². The minimum atomic E-state index is 0.00601. The van der Waals surface area contributed by atoms with Crippen LogP contribution in [0.4, 0.5) is 0 Å².